The summed E-state index contributed by atoms with van der Waals surface area (Å²) >= 11 is 1.62. The third-order valence-corrected chi connectivity index (χ3v) is 6.68. The van der Waals surface area contributed by atoms with Gasteiger partial charge in [0, 0.05) is 23.9 Å². The van der Waals surface area contributed by atoms with E-state index in [0.29, 0.717) is 29.7 Å². The summed E-state index contributed by atoms with van der Waals surface area (Å²) in [6.45, 7) is 8.70. The van der Waals surface area contributed by atoms with Crippen molar-refractivity contribution in [3.05, 3.63) is 53.6 Å². The van der Waals surface area contributed by atoms with Gasteiger partial charge < -0.3 is 14.7 Å². The van der Waals surface area contributed by atoms with E-state index in [1.165, 1.54) is 5.56 Å². The van der Waals surface area contributed by atoms with Crippen LogP contribution in [0.4, 0.5) is 5.69 Å². The van der Waals surface area contributed by atoms with Crippen LogP contribution in [-0.2, 0) is 11.2 Å². The minimum Gasteiger partial charge on any atom is -0.478 e. The van der Waals surface area contributed by atoms with Crippen molar-refractivity contribution in [3.8, 4) is 5.75 Å². The molecule has 5 nitrogen and oxygen atoms in total. The van der Waals surface area contributed by atoms with Crippen LogP contribution in [0.1, 0.15) is 49.5 Å². The minimum absolute atomic E-state index is 0.292. The van der Waals surface area contributed by atoms with Crippen molar-refractivity contribution in [2.75, 3.05) is 30.6 Å². The van der Waals surface area contributed by atoms with Gasteiger partial charge in [0.05, 0.1) is 17.8 Å². The summed E-state index contributed by atoms with van der Waals surface area (Å²) in [6.07, 6.45) is 3.06. The Kier molecular flexibility index (Phi) is 8.67. The summed E-state index contributed by atoms with van der Waals surface area (Å²) in [7, 11) is 0. The SMILES string of the molecule is CCc1ccc(N(CC(C)C)Oc2ccc(SCC3CCOCC3)c(C(=O)O)c2)cc1. The standard InChI is InChI=1S/C25H33NO4S/c1-4-19-5-7-21(8-6-19)26(16-18(2)3)30-22-9-10-24(23(15-22)25(27)28)31-17-20-11-13-29-14-12-20/h5-10,15,18,20H,4,11-14,16-17H2,1-3H3,(H,27,28). The molecule has 0 bridgehead atoms. The van der Waals surface area contributed by atoms with E-state index in [2.05, 4.69) is 45.0 Å². The third kappa shape index (κ3) is 6.91. The Hall–Kier alpha value is -2.18. The van der Waals surface area contributed by atoms with E-state index in [9.17, 15) is 9.90 Å². The maximum absolute atomic E-state index is 11.9. The zero-order valence-corrected chi connectivity index (χ0v) is 19.5. The number of aromatic carboxylic acids is 1. The summed E-state index contributed by atoms with van der Waals surface area (Å²) < 4.78 is 5.42. The van der Waals surface area contributed by atoms with Gasteiger partial charge in [-0.15, -0.1) is 11.8 Å². The number of rotatable bonds is 10. The molecule has 2 aromatic rings. The second kappa shape index (κ2) is 11.4. The molecule has 0 unspecified atom stereocenters. The minimum atomic E-state index is -0.928. The summed E-state index contributed by atoms with van der Waals surface area (Å²) in [5, 5.41) is 11.6. The molecule has 0 radical (unpaired) electrons. The van der Waals surface area contributed by atoms with Crippen LogP contribution in [-0.4, -0.2) is 36.6 Å². The Morgan fingerprint density at radius 3 is 2.52 bits per heavy atom. The molecule has 0 aliphatic carbocycles. The lowest BCUT2D eigenvalue weighted by Gasteiger charge is -2.27. The first-order valence-electron chi connectivity index (χ1n) is 11.1. The van der Waals surface area contributed by atoms with Crippen LogP contribution in [0.5, 0.6) is 5.75 Å². The van der Waals surface area contributed by atoms with Gasteiger partial charge >= 0.3 is 5.97 Å². The fourth-order valence-electron chi connectivity index (χ4n) is 3.53. The number of carboxylic acids is 1. The van der Waals surface area contributed by atoms with Gasteiger partial charge in [-0.3, -0.25) is 0 Å². The number of carbonyl (C=O) groups is 1. The van der Waals surface area contributed by atoms with E-state index in [4.69, 9.17) is 9.57 Å². The molecule has 0 spiro atoms. The molecule has 1 heterocycles. The number of hydrogen-bond acceptors (Lipinski definition) is 5. The molecule has 0 aromatic heterocycles. The first kappa shape index (κ1) is 23.5. The summed E-state index contributed by atoms with van der Waals surface area (Å²) in [6, 6.07) is 13.7. The van der Waals surface area contributed by atoms with Crippen molar-refractivity contribution in [2.45, 2.75) is 44.9 Å². The van der Waals surface area contributed by atoms with Crippen molar-refractivity contribution < 1.29 is 19.5 Å². The molecule has 0 atom stereocenters. The maximum Gasteiger partial charge on any atom is 0.336 e. The summed E-state index contributed by atoms with van der Waals surface area (Å²) in [4.78, 5) is 18.9. The highest BCUT2D eigenvalue weighted by molar-refractivity contribution is 7.99. The first-order chi connectivity index (χ1) is 15.0. The van der Waals surface area contributed by atoms with Gasteiger partial charge in [-0.2, -0.15) is 0 Å². The molecule has 1 N–H and O–H groups in total. The van der Waals surface area contributed by atoms with Gasteiger partial charge in [0.25, 0.3) is 0 Å². The number of anilines is 1. The Morgan fingerprint density at radius 2 is 1.90 bits per heavy atom. The molecule has 1 aliphatic rings. The Balaban J connectivity index is 1.75. The molecule has 1 saturated heterocycles. The molecular weight excluding hydrogens is 410 g/mol. The monoisotopic (exact) mass is 443 g/mol. The lowest BCUT2D eigenvalue weighted by atomic mass is 10.0. The van der Waals surface area contributed by atoms with Crippen LogP contribution < -0.4 is 9.90 Å². The number of ether oxygens (including phenoxy) is 1. The molecule has 1 aliphatic heterocycles. The van der Waals surface area contributed by atoms with Gasteiger partial charge in [-0.1, -0.05) is 32.9 Å². The summed E-state index contributed by atoms with van der Waals surface area (Å²) in [5.41, 5.74) is 2.52. The number of thioether (sulfide) groups is 1. The fraction of sp³-hybridized carbons (Fsp3) is 0.480. The number of benzene rings is 2. The smallest absolute Gasteiger partial charge is 0.336 e. The van der Waals surface area contributed by atoms with Crippen molar-refractivity contribution in [1.29, 1.82) is 0 Å². The Bertz CT molecular complexity index is 847. The maximum atomic E-state index is 11.9. The highest BCUT2D eigenvalue weighted by Gasteiger charge is 2.19. The molecule has 1 fully saturated rings. The van der Waals surface area contributed by atoms with Crippen LogP contribution in [0, 0.1) is 11.8 Å². The Labute approximate surface area is 189 Å². The average molecular weight is 444 g/mol. The Morgan fingerprint density at radius 1 is 1.19 bits per heavy atom. The molecule has 168 valence electrons. The van der Waals surface area contributed by atoms with Crippen molar-refractivity contribution >= 4 is 23.4 Å². The molecule has 6 heteroatoms. The number of aryl methyl sites for hydroxylation is 1. The molecule has 3 rings (SSSR count). The molecular formula is C25H33NO4S. The van der Waals surface area contributed by atoms with Crippen LogP contribution in [0.15, 0.2) is 47.4 Å². The van der Waals surface area contributed by atoms with E-state index < -0.39 is 5.97 Å². The largest absolute Gasteiger partial charge is 0.478 e. The van der Waals surface area contributed by atoms with E-state index in [1.54, 1.807) is 17.8 Å². The highest BCUT2D eigenvalue weighted by atomic mass is 32.2. The topological polar surface area (TPSA) is 59.0 Å². The van der Waals surface area contributed by atoms with E-state index in [1.807, 2.05) is 17.2 Å². The lowest BCUT2D eigenvalue weighted by molar-refractivity contribution is 0.0691. The zero-order valence-electron chi connectivity index (χ0n) is 18.7. The van der Waals surface area contributed by atoms with Gasteiger partial charge in [0.15, 0.2) is 5.75 Å². The second-order valence-electron chi connectivity index (χ2n) is 8.40. The molecule has 0 saturated carbocycles. The fourth-order valence-corrected chi connectivity index (χ4v) is 4.75. The predicted molar refractivity (Wildman–Crippen MR) is 126 cm³/mol. The number of carboxylic acid groups (broad SMARTS) is 1. The van der Waals surface area contributed by atoms with Crippen LogP contribution in [0.25, 0.3) is 0 Å². The summed E-state index contributed by atoms with van der Waals surface area (Å²) in [5.74, 6) is 1.48. The van der Waals surface area contributed by atoms with Crippen molar-refractivity contribution in [3.63, 3.8) is 0 Å². The van der Waals surface area contributed by atoms with Crippen LogP contribution in [0.3, 0.4) is 0 Å². The first-order valence-corrected chi connectivity index (χ1v) is 12.1. The van der Waals surface area contributed by atoms with Gasteiger partial charge in [0.1, 0.15) is 0 Å². The molecule has 0 amide bonds. The van der Waals surface area contributed by atoms with Gasteiger partial charge in [-0.05, 0) is 67.0 Å². The van der Waals surface area contributed by atoms with Gasteiger partial charge in [0.2, 0.25) is 0 Å². The van der Waals surface area contributed by atoms with Crippen molar-refractivity contribution in [1.82, 2.24) is 0 Å². The third-order valence-electron chi connectivity index (χ3n) is 5.38. The molecule has 31 heavy (non-hydrogen) atoms. The predicted octanol–water partition coefficient (Wildman–Crippen LogP) is 5.92. The average Bonchev–Trinajstić information content (AvgIpc) is 2.78. The lowest BCUT2D eigenvalue weighted by Crippen LogP contribution is -2.31. The molecule has 2 aromatic carbocycles. The van der Waals surface area contributed by atoms with Crippen LogP contribution in [0.2, 0.25) is 0 Å². The van der Waals surface area contributed by atoms with Gasteiger partial charge in [-0.25, -0.2) is 9.86 Å². The van der Waals surface area contributed by atoms with Crippen LogP contribution >= 0.6 is 11.8 Å². The number of hydrogen-bond donors (Lipinski definition) is 1. The number of hydroxylamine groups is 1. The normalized spacial score (nSPS) is 14.6. The second-order valence-corrected chi connectivity index (χ2v) is 9.46. The number of nitrogens with zero attached hydrogens (tertiary/aromatic N) is 1. The van der Waals surface area contributed by atoms with Crippen molar-refractivity contribution in [2.24, 2.45) is 11.8 Å². The van der Waals surface area contributed by atoms with E-state index in [-0.39, 0.29) is 0 Å². The highest BCUT2D eigenvalue weighted by Crippen LogP contribution is 2.31. The quantitative estimate of drug-likeness (QED) is 0.363. The van der Waals surface area contributed by atoms with E-state index in [0.717, 1.165) is 48.8 Å². The zero-order chi connectivity index (χ0) is 22.2. The van der Waals surface area contributed by atoms with E-state index >= 15 is 0 Å².